The SMILES string of the molecule is C[C@H](COc1ccccc1)NC(=O)c1ccc(NS(=O)(=O)c2ccccc2)cc1Cl. The maximum absolute atomic E-state index is 12.5. The quantitative estimate of drug-likeness (QED) is 0.541. The molecule has 0 aromatic heterocycles. The first kappa shape index (κ1) is 21.7. The molecule has 0 spiro atoms. The van der Waals surface area contributed by atoms with Crippen LogP contribution in [0.5, 0.6) is 5.75 Å². The number of nitrogens with one attached hydrogen (secondary N) is 2. The lowest BCUT2D eigenvalue weighted by Crippen LogP contribution is -2.36. The van der Waals surface area contributed by atoms with Gasteiger partial charge in [0.25, 0.3) is 15.9 Å². The van der Waals surface area contributed by atoms with Gasteiger partial charge in [0.2, 0.25) is 0 Å². The van der Waals surface area contributed by atoms with Gasteiger partial charge < -0.3 is 10.1 Å². The van der Waals surface area contributed by atoms with Crippen LogP contribution in [0.4, 0.5) is 5.69 Å². The van der Waals surface area contributed by atoms with Crippen molar-refractivity contribution in [2.24, 2.45) is 0 Å². The highest BCUT2D eigenvalue weighted by molar-refractivity contribution is 7.92. The summed E-state index contributed by atoms with van der Waals surface area (Å²) >= 11 is 6.23. The van der Waals surface area contributed by atoms with Crippen molar-refractivity contribution in [2.75, 3.05) is 11.3 Å². The van der Waals surface area contributed by atoms with Crippen molar-refractivity contribution in [1.82, 2.24) is 5.32 Å². The average molecular weight is 445 g/mol. The first-order chi connectivity index (χ1) is 14.3. The summed E-state index contributed by atoms with van der Waals surface area (Å²) in [5.74, 6) is 0.341. The number of hydrogen-bond acceptors (Lipinski definition) is 4. The molecule has 0 saturated carbocycles. The molecule has 0 bridgehead atoms. The number of carbonyl (C=O) groups is 1. The molecular weight excluding hydrogens is 424 g/mol. The Balaban J connectivity index is 1.62. The number of rotatable bonds is 8. The molecule has 156 valence electrons. The van der Waals surface area contributed by atoms with Crippen molar-refractivity contribution in [3.05, 3.63) is 89.4 Å². The van der Waals surface area contributed by atoms with Crippen molar-refractivity contribution >= 4 is 33.2 Å². The largest absolute Gasteiger partial charge is 0.491 e. The fourth-order valence-electron chi connectivity index (χ4n) is 2.66. The molecule has 0 aliphatic carbocycles. The first-order valence-corrected chi connectivity index (χ1v) is 11.1. The number of para-hydroxylation sites is 1. The summed E-state index contributed by atoms with van der Waals surface area (Å²) in [5.41, 5.74) is 0.506. The van der Waals surface area contributed by atoms with Crippen LogP contribution in [0.1, 0.15) is 17.3 Å². The van der Waals surface area contributed by atoms with Gasteiger partial charge in [-0.15, -0.1) is 0 Å². The number of ether oxygens (including phenoxy) is 1. The van der Waals surface area contributed by atoms with Crippen LogP contribution in [0, 0.1) is 0 Å². The zero-order valence-corrected chi connectivity index (χ0v) is 17.8. The number of carbonyl (C=O) groups excluding carboxylic acids is 1. The predicted octanol–water partition coefficient (Wildman–Crippen LogP) is 4.34. The van der Waals surface area contributed by atoms with Crippen LogP contribution < -0.4 is 14.8 Å². The minimum absolute atomic E-state index is 0.134. The molecule has 0 unspecified atom stereocenters. The van der Waals surface area contributed by atoms with Gasteiger partial charge in [0.15, 0.2) is 0 Å². The van der Waals surface area contributed by atoms with E-state index in [2.05, 4.69) is 10.0 Å². The van der Waals surface area contributed by atoms with E-state index in [1.807, 2.05) is 37.3 Å². The highest BCUT2D eigenvalue weighted by Crippen LogP contribution is 2.23. The van der Waals surface area contributed by atoms with Gasteiger partial charge in [-0.1, -0.05) is 48.0 Å². The fraction of sp³-hybridized carbons (Fsp3) is 0.136. The Bertz CT molecular complexity index is 1110. The maximum atomic E-state index is 12.5. The van der Waals surface area contributed by atoms with Crippen LogP contribution >= 0.6 is 11.6 Å². The second kappa shape index (κ2) is 9.65. The van der Waals surface area contributed by atoms with Crippen molar-refractivity contribution in [3.8, 4) is 5.75 Å². The normalized spacial score (nSPS) is 12.1. The molecule has 30 heavy (non-hydrogen) atoms. The molecule has 3 rings (SSSR count). The molecule has 6 nitrogen and oxygen atoms in total. The van der Waals surface area contributed by atoms with Gasteiger partial charge >= 0.3 is 0 Å². The number of benzene rings is 3. The van der Waals surface area contributed by atoms with Crippen molar-refractivity contribution in [2.45, 2.75) is 17.9 Å². The Labute approximate surface area is 180 Å². The van der Waals surface area contributed by atoms with E-state index in [9.17, 15) is 13.2 Å². The van der Waals surface area contributed by atoms with Crippen LogP contribution in [0.2, 0.25) is 5.02 Å². The monoisotopic (exact) mass is 444 g/mol. The zero-order chi connectivity index (χ0) is 21.6. The molecule has 3 aromatic carbocycles. The van der Waals surface area contributed by atoms with E-state index < -0.39 is 10.0 Å². The summed E-state index contributed by atoms with van der Waals surface area (Å²) < 4.78 is 32.9. The topological polar surface area (TPSA) is 84.5 Å². The summed E-state index contributed by atoms with van der Waals surface area (Å²) in [6, 6.07) is 21.4. The molecule has 0 saturated heterocycles. The van der Waals surface area contributed by atoms with Gasteiger partial charge in [-0.05, 0) is 49.4 Å². The fourth-order valence-corrected chi connectivity index (χ4v) is 3.99. The lowest BCUT2D eigenvalue weighted by Gasteiger charge is -2.16. The van der Waals surface area contributed by atoms with Gasteiger partial charge in [-0.3, -0.25) is 9.52 Å². The van der Waals surface area contributed by atoms with E-state index in [1.54, 1.807) is 18.2 Å². The lowest BCUT2D eigenvalue weighted by atomic mass is 10.2. The van der Waals surface area contributed by atoms with Crippen LogP contribution in [0.15, 0.2) is 83.8 Å². The molecule has 0 radical (unpaired) electrons. The summed E-state index contributed by atoms with van der Waals surface area (Å²) in [6.45, 7) is 2.11. The Kier molecular flexibility index (Phi) is 6.97. The van der Waals surface area contributed by atoms with Gasteiger partial charge in [0.1, 0.15) is 12.4 Å². The third-order valence-electron chi connectivity index (χ3n) is 4.14. The number of anilines is 1. The summed E-state index contributed by atoms with van der Waals surface area (Å²) in [7, 11) is -3.74. The third-order valence-corrected chi connectivity index (χ3v) is 5.85. The highest BCUT2D eigenvalue weighted by Gasteiger charge is 2.17. The van der Waals surface area contributed by atoms with E-state index in [0.29, 0.717) is 12.4 Å². The number of sulfonamides is 1. The second-order valence-electron chi connectivity index (χ2n) is 6.61. The van der Waals surface area contributed by atoms with Crippen LogP contribution in [-0.4, -0.2) is 27.0 Å². The summed E-state index contributed by atoms with van der Waals surface area (Å²) in [6.07, 6.45) is 0. The predicted molar refractivity (Wildman–Crippen MR) is 118 cm³/mol. The van der Waals surface area contributed by atoms with Crippen LogP contribution in [0.25, 0.3) is 0 Å². The first-order valence-electron chi connectivity index (χ1n) is 9.21. The van der Waals surface area contributed by atoms with Gasteiger partial charge in [0.05, 0.1) is 27.2 Å². The molecule has 0 aliphatic heterocycles. The number of halogens is 1. The van der Waals surface area contributed by atoms with Crippen molar-refractivity contribution < 1.29 is 17.9 Å². The summed E-state index contributed by atoms with van der Waals surface area (Å²) in [4.78, 5) is 12.6. The maximum Gasteiger partial charge on any atom is 0.261 e. The molecule has 0 aliphatic rings. The van der Waals surface area contributed by atoms with E-state index in [1.165, 1.54) is 30.3 Å². The standard InChI is InChI=1S/C22H21ClN2O4S/c1-16(15-29-18-8-4-2-5-9-18)24-22(26)20-13-12-17(14-21(20)23)25-30(27,28)19-10-6-3-7-11-19/h2-14,16,25H,15H2,1H3,(H,24,26)/t16-/m1/s1. The average Bonchev–Trinajstić information content (AvgIpc) is 2.73. The lowest BCUT2D eigenvalue weighted by molar-refractivity contribution is 0.0927. The smallest absolute Gasteiger partial charge is 0.261 e. The molecular formula is C22H21ClN2O4S. The Morgan fingerprint density at radius 1 is 1.00 bits per heavy atom. The number of amides is 1. The number of hydrogen-bond donors (Lipinski definition) is 2. The summed E-state index contributed by atoms with van der Waals surface area (Å²) in [5, 5.41) is 2.95. The second-order valence-corrected chi connectivity index (χ2v) is 8.70. The van der Waals surface area contributed by atoms with Gasteiger partial charge in [-0.25, -0.2) is 8.42 Å². The molecule has 8 heteroatoms. The molecule has 1 amide bonds. The van der Waals surface area contributed by atoms with Gasteiger partial charge in [0, 0.05) is 0 Å². The zero-order valence-electron chi connectivity index (χ0n) is 16.2. The van der Waals surface area contributed by atoms with Crippen LogP contribution in [-0.2, 0) is 10.0 Å². The molecule has 0 fully saturated rings. The highest BCUT2D eigenvalue weighted by atomic mass is 35.5. The van der Waals surface area contributed by atoms with Crippen molar-refractivity contribution in [1.29, 1.82) is 0 Å². The Hall–Kier alpha value is -3.03. The van der Waals surface area contributed by atoms with E-state index in [-0.39, 0.29) is 33.1 Å². The Morgan fingerprint density at radius 2 is 1.63 bits per heavy atom. The molecule has 3 aromatic rings. The van der Waals surface area contributed by atoms with E-state index >= 15 is 0 Å². The van der Waals surface area contributed by atoms with Crippen molar-refractivity contribution in [3.63, 3.8) is 0 Å². The molecule has 2 N–H and O–H groups in total. The Morgan fingerprint density at radius 3 is 2.27 bits per heavy atom. The third kappa shape index (κ3) is 5.75. The minimum atomic E-state index is -3.74. The van der Waals surface area contributed by atoms with E-state index in [4.69, 9.17) is 16.3 Å². The van der Waals surface area contributed by atoms with Gasteiger partial charge in [-0.2, -0.15) is 0 Å². The van der Waals surface area contributed by atoms with Crippen LogP contribution in [0.3, 0.4) is 0 Å². The molecule has 0 heterocycles. The van der Waals surface area contributed by atoms with E-state index in [0.717, 1.165) is 0 Å². The minimum Gasteiger partial charge on any atom is -0.491 e. The molecule has 1 atom stereocenters.